The predicted molar refractivity (Wildman–Crippen MR) is 191 cm³/mol. The van der Waals surface area contributed by atoms with Gasteiger partial charge in [-0.2, -0.15) is 16.8 Å². The van der Waals surface area contributed by atoms with E-state index in [1.807, 2.05) is 84.9 Å². The van der Waals surface area contributed by atoms with E-state index >= 15 is 0 Å². The standard InChI is InChI=1S/C37H41ClO11S2/c1-43-32-21-17-30(18-22-32)37(28-11-7-5-8-12-28,29-13-9-6-10-14-29)46-24-33-34(45-23-27-15-19-31(38)20-16-27)36(49-35(33)44-2,25-47-50(3,39)40)26-48-51(4,41)42/h5-22,33-35H,23-26H2,1-4H3/t33-,34+,35+/m1/s1. The molecule has 0 amide bonds. The Hall–Kier alpha value is -3.37. The first kappa shape index (κ1) is 38.9. The second-order valence-electron chi connectivity index (χ2n) is 12.2. The fraction of sp³-hybridized carbons (Fsp3) is 0.351. The SMILES string of the molecule is COc1ccc(C(OC[C@H]2[C@@H](OC)OC(COS(C)(=O)=O)(COS(C)(=O)=O)[C@H]2OCc2ccc(Cl)cc2)(c2ccccc2)c2ccccc2)cc1. The van der Waals surface area contributed by atoms with Crippen molar-refractivity contribution in [2.24, 2.45) is 5.92 Å². The lowest BCUT2D eigenvalue weighted by atomic mass is 9.79. The highest BCUT2D eigenvalue weighted by Crippen LogP contribution is 2.45. The third kappa shape index (κ3) is 9.55. The van der Waals surface area contributed by atoms with Crippen molar-refractivity contribution in [1.29, 1.82) is 0 Å². The Labute approximate surface area is 304 Å². The molecule has 4 aromatic rings. The zero-order valence-electron chi connectivity index (χ0n) is 28.6. The molecule has 1 aliphatic rings. The van der Waals surface area contributed by atoms with Crippen LogP contribution in [0.3, 0.4) is 0 Å². The maximum Gasteiger partial charge on any atom is 0.264 e. The monoisotopic (exact) mass is 760 g/mol. The van der Waals surface area contributed by atoms with Crippen LogP contribution in [0, 0.1) is 5.92 Å². The van der Waals surface area contributed by atoms with Crippen LogP contribution in [0.1, 0.15) is 22.3 Å². The van der Waals surface area contributed by atoms with Gasteiger partial charge in [-0.3, -0.25) is 8.37 Å². The maximum absolute atomic E-state index is 12.3. The summed E-state index contributed by atoms with van der Waals surface area (Å²) in [5, 5.41) is 0.530. The van der Waals surface area contributed by atoms with Crippen molar-refractivity contribution < 1.29 is 48.9 Å². The zero-order chi connectivity index (χ0) is 36.7. The van der Waals surface area contributed by atoms with Gasteiger partial charge in [-0.25, -0.2) is 0 Å². The lowest BCUT2D eigenvalue weighted by molar-refractivity contribution is -0.195. The summed E-state index contributed by atoms with van der Waals surface area (Å²) in [4.78, 5) is 0. The largest absolute Gasteiger partial charge is 0.497 e. The van der Waals surface area contributed by atoms with Gasteiger partial charge in [-0.15, -0.1) is 0 Å². The number of ether oxygens (including phenoxy) is 5. The van der Waals surface area contributed by atoms with Crippen molar-refractivity contribution in [2.75, 3.05) is 46.6 Å². The fourth-order valence-corrected chi connectivity index (χ4v) is 7.13. The summed E-state index contributed by atoms with van der Waals surface area (Å²) in [5.74, 6) is -0.117. The highest BCUT2D eigenvalue weighted by Gasteiger charge is 2.58. The van der Waals surface area contributed by atoms with Gasteiger partial charge in [0.1, 0.15) is 36.3 Å². The summed E-state index contributed by atoms with van der Waals surface area (Å²) in [5.41, 5.74) is 0.198. The van der Waals surface area contributed by atoms with Gasteiger partial charge >= 0.3 is 0 Å². The topological polar surface area (TPSA) is 133 Å². The second kappa shape index (κ2) is 16.5. The van der Waals surface area contributed by atoms with Crippen LogP contribution in [0.15, 0.2) is 109 Å². The van der Waals surface area contributed by atoms with Gasteiger partial charge in [-0.05, 0) is 46.5 Å². The molecule has 0 saturated carbocycles. The van der Waals surface area contributed by atoms with E-state index in [4.69, 9.17) is 43.7 Å². The molecule has 1 aliphatic heterocycles. The van der Waals surface area contributed by atoms with Crippen molar-refractivity contribution in [3.05, 3.63) is 136 Å². The Morgan fingerprint density at radius 3 is 1.71 bits per heavy atom. The van der Waals surface area contributed by atoms with E-state index in [1.165, 1.54) is 7.11 Å². The summed E-state index contributed by atoms with van der Waals surface area (Å²) >= 11 is 6.12. The van der Waals surface area contributed by atoms with Gasteiger partial charge in [0.25, 0.3) is 20.2 Å². The molecule has 0 N–H and O–H groups in total. The van der Waals surface area contributed by atoms with Crippen LogP contribution >= 0.6 is 11.6 Å². The average molecular weight is 761 g/mol. The molecule has 1 saturated heterocycles. The number of hydrogen-bond acceptors (Lipinski definition) is 11. The Kier molecular flexibility index (Phi) is 12.6. The van der Waals surface area contributed by atoms with Crippen LogP contribution < -0.4 is 4.74 Å². The molecule has 4 aromatic carbocycles. The molecule has 0 radical (unpaired) electrons. The smallest absolute Gasteiger partial charge is 0.264 e. The van der Waals surface area contributed by atoms with Crippen LogP contribution in [-0.4, -0.2) is 81.4 Å². The van der Waals surface area contributed by atoms with E-state index in [2.05, 4.69) is 0 Å². The van der Waals surface area contributed by atoms with Crippen LogP contribution in [0.4, 0.5) is 0 Å². The number of hydrogen-bond donors (Lipinski definition) is 0. The van der Waals surface area contributed by atoms with Gasteiger partial charge in [0.05, 0.1) is 38.8 Å². The van der Waals surface area contributed by atoms with Gasteiger partial charge < -0.3 is 23.7 Å². The normalized spacial score (nSPS) is 19.2. The van der Waals surface area contributed by atoms with E-state index in [-0.39, 0.29) is 13.2 Å². The molecule has 14 heteroatoms. The molecular formula is C37H41ClO11S2. The van der Waals surface area contributed by atoms with E-state index < -0.39 is 63.0 Å². The van der Waals surface area contributed by atoms with E-state index in [0.717, 1.165) is 34.8 Å². The molecule has 0 bridgehead atoms. The Morgan fingerprint density at radius 2 is 1.24 bits per heavy atom. The van der Waals surface area contributed by atoms with Crippen molar-refractivity contribution >= 4 is 31.8 Å². The van der Waals surface area contributed by atoms with Gasteiger partial charge in [-0.1, -0.05) is 96.5 Å². The maximum atomic E-state index is 12.3. The predicted octanol–water partition coefficient (Wildman–Crippen LogP) is 5.55. The lowest BCUT2D eigenvalue weighted by Gasteiger charge is -2.38. The molecule has 0 unspecified atom stereocenters. The first-order valence-electron chi connectivity index (χ1n) is 15.9. The van der Waals surface area contributed by atoms with Crippen LogP contribution in [0.2, 0.25) is 5.02 Å². The van der Waals surface area contributed by atoms with Crippen LogP contribution in [0.5, 0.6) is 5.75 Å². The van der Waals surface area contributed by atoms with Crippen LogP contribution in [-0.2, 0) is 59.8 Å². The minimum Gasteiger partial charge on any atom is -0.497 e. The number of halogens is 1. The second-order valence-corrected chi connectivity index (χ2v) is 15.9. The van der Waals surface area contributed by atoms with E-state index in [1.54, 1.807) is 31.4 Å². The van der Waals surface area contributed by atoms with Gasteiger partial charge in [0, 0.05) is 12.1 Å². The molecule has 0 spiro atoms. The first-order chi connectivity index (χ1) is 24.3. The lowest BCUT2D eigenvalue weighted by Crippen LogP contribution is -2.52. The number of benzene rings is 4. The summed E-state index contributed by atoms with van der Waals surface area (Å²) in [6, 6.07) is 33.9. The van der Waals surface area contributed by atoms with E-state index in [9.17, 15) is 16.8 Å². The van der Waals surface area contributed by atoms with Crippen molar-refractivity contribution in [3.8, 4) is 5.75 Å². The highest BCUT2D eigenvalue weighted by atomic mass is 35.5. The summed E-state index contributed by atoms with van der Waals surface area (Å²) in [6.07, 6.45) is -0.393. The molecule has 0 aromatic heterocycles. The van der Waals surface area contributed by atoms with Crippen molar-refractivity contribution in [3.63, 3.8) is 0 Å². The summed E-state index contributed by atoms with van der Waals surface area (Å²) in [6.45, 7) is -1.34. The summed E-state index contributed by atoms with van der Waals surface area (Å²) < 4.78 is 91.1. The van der Waals surface area contributed by atoms with Gasteiger partial charge in [0.2, 0.25) is 0 Å². The first-order valence-corrected chi connectivity index (χ1v) is 19.9. The Bertz CT molecular complexity index is 1850. The van der Waals surface area contributed by atoms with Crippen molar-refractivity contribution in [1.82, 2.24) is 0 Å². The molecule has 3 atom stereocenters. The molecule has 1 fully saturated rings. The fourth-order valence-electron chi connectivity index (χ4n) is 6.18. The van der Waals surface area contributed by atoms with E-state index in [0.29, 0.717) is 10.8 Å². The molecular weight excluding hydrogens is 720 g/mol. The molecule has 1 heterocycles. The summed E-state index contributed by atoms with van der Waals surface area (Å²) in [7, 11) is -5.04. The molecule has 11 nitrogen and oxygen atoms in total. The minimum atomic E-state index is -4.03. The molecule has 51 heavy (non-hydrogen) atoms. The van der Waals surface area contributed by atoms with Crippen LogP contribution in [0.25, 0.3) is 0 Å². The third-order valence-corrected chi connectivity index (χ3v) is 9.91. The molecule has 5 rings (SSSR count). The number of methoxy groups -OCH3 is 2. The zero-order valence-corrected chi connectivity index (χ0v) is 31.0. The Balaban J connectivity index is 1.63. The third-order valence-electron chi connectivity index (χ3n) is 8.57. The minimum absolute atomic E-state index is 0.0125. The van der Waals surface area contributed by atoms with Crippen molar-refractivity contribution in [2.45, 2.75) is 30.2 Å². The highest BCUT2D eigenvalue weighted by molar-refractivity contribution is 7.86. The van der Waals surface area contributed by atoms with Gasteiger partial charge in [0.15, 0.2) is 6.29 Å². The Morgan fingerprint density at radius 1 is 0.725 bits per heavy atom. The molecule has 274 valence electrons. The number of rotatable bonds is 17. The average Bonchev–Trinajstić information content (AvgIpc) is 3.43. The molecule has 0 aliphatic carbocycles. The quantitative estimate of drug-likeness (QED) is 0.0991.